The number of imide groups is 1. The first-order valence-electron chi connectivity index (χ1n) is 3.19. The van der Waals surface area contributed by atoms with Crippen LogP contribution in [0.2, 0.25) is 0 Å². The van der Waals surface area contributed by atoms with Gasteiger partial charge in [-0.15, -0.1) is 11.6 Å². The molecule has 0 aromatic heterocycles. The molecule has 0 fully saturated rings. The van der Waals surface area contributed by atoms with Crippen LogP contribution in [-0.4, -0.2) is 24.0 Å². The van der Waals surface area contributed by atoms with Gasteiger partial charge < -0.3 is 4.74 Å². The summed E-state index contributed by atoms with van der Waals surface area (Å²) in [6.07, 6.45) is -0.759. The first-order valence-corrected chi connectivity index (χ1v) is 3.63. The molecule has 2 amide bonds. The lowest BCUT2D eigenvalue weighted by molar-refractivity contribution is -0.119. The van der Waals surface area contributed by atoms with Gasteiger partial charge in [0.05, 0.1) is 6.61 Å². The molecule has 0 aromatic rings. The first kappa shape index (κ1) is 10.2. The van der Waals surface area contributed by atoms with Crippen molar-refractivity contribution in [2.75, 3.05) is 6.61 Å². The Morgan fingerprint density at radius 2 is 2.18 bits per heavy atom. The predicted octanol–water partition coefficient (Wildman–Crippen LogP) is 0.886. The highest BCUT2D eigenvalue weighted by molar-refractivity contribution is 6.31. The highest BCUT2D eigenvalue weighted by Crippen LogP contribution is 1.92. The topological polar surface area (TPSA) is 55.4 Å². The zero-order valence-electron chi connectivity index (χ0n) is 6.39. The van der Waals surface area contributed by atoms with Gasteiger partial charge in [-0.05, 0) is 13.8 Å². The molecule has 5 heteroatoms. The molecule has 64 valence electrons. The third-order valence-electron chi connectivity index (χ3n) is 0.862. The van der Waals surface area contributed by atoms with E-state index in [-0.39, 0.29) is 6.61 Å². The van der Waals surface area contributed by atoms with Crippen molar-refractivity contribution in [2.24, 2.45) is 0 Å². The van der Waals surface area contributed by atoms with Crippen molar-refractivity contribution in [3.05, 3.63) is 0 Å². The fourth-order valence-corrected chi connectivity index (χ4v) is 0.422. The molecule has 0 heterocycles. The van der Waals surface area contributed by atoms with E-state index in [9.17, 15) is 9.59 Å². The molecule has 0 aliphatic carbocycles. The zero-order valence-corrected chi connectivity index (χ0v) is 7.14. The minimum atomic E-state index is -0.759. The molecule has 1 unspecified atom stereocenters. The standard InChI is InChI=1S/C6H10ClNO3/c1-3-11-6(10)8-5(9)4(2)7/h4H,3H2,1-2H3,(H,8,9,10). The van der Waals surface area contributed by atoms with Crippen LogP contribution in [0.3, 0.4) is 0 Å². The van der Waals surface area contributed by atoms with Crippen LogP contribution in [0.25, 0.3) is 0 Å². The maximum Gasteiger partial charge on any atom is 0.413 e. The monoisotopic (exact) mass is 179 g/mol. The highest BCUT2D eigenvalue weighted by Gasteiger charge is 2.12. The third-order valence-corrected chi connectivity index (χ3v) is 1.06. The smallest absolute Gasteiger partial charge is 0.413 e. The van der Waals surface area contributed by atoms with E-state index < -0.39 is 17.4 Å². The molecule has 0 saturated heterocycles. The second-order valence-corrected chi connectivity index (χ2v) is 2.48. The number of rotatable bonds is 2. The van der Waals surface area contributed by atoms with Crippen LogP contribution >= 0.6 is 11.6 Å². The number of halogens is 1. The van der Waals surface area contributed by atoms with Crippen LogP contribution in [-0.2, 0) is 9.53 Å². The lowest BCUT2D eigenvalue weighted by Crippen LogP contribution is -2.35. The average molecular weight is 180 g/mol. The van der Waals surface area contributed by atoms with E-state index in [0.717, 1.165) is 0 Å². The SMILES string of the molecule is CCOC(=O)NC(=O)C(C)Cl. The van der Waals surface area contributed by atoms with Crippen molar-refractivity contribution >= 4 is 23.6 Å². The number of amides is 2. The molecule has 1 atom stereocenters. The van der Waals surface area contributed by atoms with Crippen molar-refractivity contribution in [3.8, 4) is 0 Å². The largest absolute Gasteiger partial charge is 0.450 e. The Labute approximate surface area is 69.9 Å². The molecule has 0 rings (SSSR count). The van der Waals surface area contributed by atoms with Crippen LogP contribution < -0.4 is 5.32 Å². The molecular formula is C6H10ClNO3. The summed E-state index contributed by atoms with van der Waals surface area (Å²) in [7, 11) is 0. The molecule has 1 N–H and O–H groups in total. The summed E-state index contributed by atoms with van der Waals surface area (Å²) in [5.41, 5.74) is 0. The molecule has 0 spiro atoms. The molecule has 11 heavy (non-hydrogen) atoms. The third kappa shape index (κ3) is 4.61. The molecule has 0 aliphatic rings. The van der Waals surface area contributed by atoms with Gasteiger partial charge in [-0.2, -0.15) is 0 Å². The Bertz CT molecular complexity index is 158. The Morgan fingerprint density at radius 3 is 2.55 bits per heavy atom. The number of hydrogen-bond donors (Lipinski definition) is 1. The Morgan fingerprint density at radius 1 is 1.64 bits per heavy atom. The molecular weight excluding hydrogens is 170 g/mol. The fourth-order valence-electron chi connectivity index (χ4n) is 0.367. The van der Waals surface area contributed by atoms with Crippen LogP contribution in [0.15, 0.2) is 0 Å². The number of alkyl halides is 1. The normalized spacial score (nSPS) is 11.9. The summed E-state index contributed by atoms with van der Waals surface area (Å²) in [5, 5.41) is 1.23. The van der Waals surface area contributed by atoms with E-state index in [1.165, 1.54) is 6.92 Å². The van der Waals surface area contributed by atoms with Crippen LogP contribution in [0, 0.1) is 0 Å². The summed E-state index contributed by atoms with van der Waals surface area (Å²) in [6.45, 7) is 3.35. The average Bonchev–Trinajstić information content (AvgIpc) is 1.87. The summed E-state index contributed by atoms with van der Waals surface area (Å²) in [4.78, 5) is 21.2. The van der Waals surface area contributed by atoms with Gasteiger partial charge in [0.25, 0.3) is 0 Å². The number of ether oxygens (including phenoxy) is 1. The van der Waals surface area contributed by atoms with E-state index in [1.54, 1.807) is 6.92 Å². The quantitative estimate of drug-likeness (QED) is 0.641. The van der Waals surface area contributed by atoms with Crippen molar-refractivity contribution in [1.29, 1.82) is 0 Å². The van der Waals surface area contributed by atoms with E-state index in [1.807, 2.05) is 5.32 Å². The Kier molecular flexibility index (Phi) is 4.61. The van der Waals surface area contributed by atoms with E-state index in [0.29, 0.717) is 0 Å². The van der Waals surface area contributed by atoms with Gasteiger partial charge in [0.15, 0.2) is 0 Å². The van der Waals surface area contributed by atoms with Gasteiger partial charge in [0, 0.05) is 0 Å². The lowest BCUT2D eigenvalue weighted by Gasteiger charge is -2.03. The van der Waals surface area contributed by atoms with Gasteiger partial charge in [0.2, 0.25) is 5.91 Å². The first-order chi connectivity index (χ1) is 5.07. The number of nitrogens with one attached hydrogen (secondary N) is 1. The minimum Gasteiger partial charge on any atom is -0.450 e. The fraction of sp³-hybridized carbons (Fsp3) is 0.667. The number of carbonyl (C=O) groups excluding carboxylic acids is 2. The van der Waals surface area contributed by atoms with E-state index in [2.05, 4.69) is 4.74 Å². The van der Waals surface area contributed by atoms with E-state index >= 15 is 0 Å². The van der Waals surface area contributed by atoms with Crippen molar-refractivity contribution < 1.29 is 14.3 Å². The van der Waals surface area contributed by atoms with Gasteiger partial charge in [0.1, 0.15) is 5.38 Å². The minimum absolute atomic E-state index is 0.232. The van der Waals surface area contributed by atoms with Crippen LogP contribution in [0.4, 0.5) is 4.79 Å². The van der Waals surface area contributed by atoms with Crippen LogP contribution in [0.1, 0.15) is 13.8 Å². The van der Waals surface area contributed by atoms with Gasteiger partial charge >= 0.3 is 6.09 Å². The van der Waals surface area contributed by atoms with Gasteiger partial charge in [-0.3, -0.25) is 10.1 Å². The Balaban J connectivity index is 3.67. The molecule has 0 saturated carbocycles. The maximum absolute atomic E-state index is 10.7. The highest BCUT2D eigenvalue weighted by atomic mass is 35.5. The molecule has 0 aliphatic heterocycles. The van der Waals surface area contributed by atoms with Gasteiger partial charge in [-0.25, -0.2) is 4.79 Å². The Hall–Kier alpha value is -0.770. The van der Waals surface area contributed by atoms with Crippen molar-refractivity contribution in [1.82, 2.24) is 5.32 Å². The summed E-state index contributed by atoms with van der Waals surface area (Å²) in [6, 6.07) is 0. The van der Waals surface area contributed by atoms with E-state index in [4.69, 9.17) is 11.6 Å². The van der Waals surface area contributed by atoms with Crippen molar-refractivity contribution in [2.45, 2.75) is 19.2 Å². The summed E-state index contributed by atoms with van der Waals surface area (Å²) in [5.74, 6) is -0.551. The van der Waals surface area contributed by atoms with Gasteiger partial charge in [-0.1, -0.05) is 0 Å². The second-order valence-electron chi connectivity index (χ2n) is 1.83. The number of carbonyl (C=O) groups is 2. The predicted molar refractivity (Wildman–Crippen MR) is 40.5 cm³/mol. The molecule has 0 bridgehead atoms. The summed E-state index contributed by atoms with van der Waals surface area (Å²) >= 11 is 5.35. The molecule has 0 aromatic carbocycles. The second kappa shape index (κ2) is 4.96. The lowest BCUT2D eigenvalue weighted by atomic mass is 10.4. The maximum atomic E-state index is 10.7. The van der Waals surface area contributed by atoms with Crippen LogP contribution in [0.5, 0.6) is 0 Å². The summed E-state index contributed by atoms with van der Waals surface area (Å²) < 4.78 is 4.43. The van der Waals surface area contributed by atoms with Crippen molar-refractivity contribution in [3.63, 3.8) is 0 Å². The molecule has 4 nitrogen and oxygen atoms in total. The number of alkyl carbamates (subject to hydrolysis) is 1. The molecule has 0 radical (unpaired) electrons. The zero-order chi connectivity index (χ0) is 8.85. The number of hydrogen-bond acceptors (Lipinski definition) is 3.